The van der Waals surface area contributed by atoms with Crippen molar-refractivity contribution in [1.29, 1.82) is 0 Å². The first-order valence-corrected chi connectivity index (χ1v) is 5.51. The highest BCUT2D eigenvalue weighted by Crippen LogP contribution is 2.27. The van der Waals surface area contributed by atoms with Crippen LogP contribution in [0.2, 0.25) is 0 Å². The van der Waals surface area contributed by atoms with Crippen LogP contribution in [-0.2, 0) is 0 Å². The van der Waals surface area contributed by atoms with E-state index >= 15 is 0 Å². The summed E-state index contributed by atoms with van der Waals surface area (Å²) in [4.78, 5) is 0. The lowest BCUT2D eigenvalue weighted by atomic mass is 9.85. The predicted molar refractivity (Wildman–Crippen MR) is 52.1 cm³/mol. The van der Waals surface area contributed by atoms with Gasteiger partial charge in [-0.2, -0.15) is 0 Å². The summed E-state index contributed by atoms with van der Waals surface area (Å²) in [7, 11) is 0. The van der Waals surface area contributed by atoms with Gasteiger partial charge in [-0.25, -0.2) is 0 Å². The van der Waals surface area contributed by atoms with Gasteiger partial charge in [0.15, 0.2) is 0 Å². The van der Waals surface area contributed by atoms with Crippen molar-refractivity contribution in [3.8, 4) is 0 Å². The molecule has 0 aromatic carbocycles. The third-order valence-electron chi connectivity index (χ3n) is 3.10. The van der Waals surface area contributed by atoms with Gasteiger partial charge in [0, 0.05) is 0 Å². The maximum atomic E-state index is 9.39. The van der Waals surface area contributed by atoms with E-state index < -0.39 is 0 Å². The number of aliphatic hydroxyl groups excluding tert-OH is 1. The van der Waals surface area contributed by atoms with Gasteiger partial charge in [-0.1, -0.05) is 39.0 Å². The van der Waals surface area contributed by atoms with Crippen molar-refractivity contribution in [2.45, 2.75) is 64.4 Å². The first kappa shape index (κ1) is 10.0. The summed E-state index contributed by atoms with van der Waals surface area (Å²) in [5.74, 6) is 0.931. The SMILES string of the molecule is CC[C@H](O)CCC1CCCCC1. The molecule has 0 bridgehead atoms. The summed E-state index contributed by atoms with van der Waals surface area (Å²) in [6.07, 6.45) is 10.3. The van der Waals surface area contributed by atoms with Crippen LogP contribution in [-0.4, -0.2) is 11.2 Å². The van der Waals surface area contributed by atoms with E-state index in [2.05, 4.69) is 6.92 Å². The largest absolute Gasteiger partial charge is 0.393 e. The van der Waals surface area contributed by atoms with Crippen molar-refractivity contribution >= 4 is 0 Å². The second kappa shape index (κ2) is 5.58. The predicted octanol–water partition coefficient (Wildman–Crippen LogP) is 3.12. The fourth-order valence-electron chi connectivity index (χ4n) is 2.11. The second-order valence-electron chi connectivity index (χ2n) is 4.14. The van der Waals surface area contributed by atoms with Gasteiger partial charge in [-0.3, -0.25) is 0 Å². The molecule has 1 aliphatic rings. The molecule has 0 heterocycles. The highest BCUT2D eigenvalue weighted by Gasteiger charge is 2.14. The van der Waals surface area contributed by atoms with Crippen LogP contribution in [0, 0.1) is 5.92 Å². The van der Waals surface area contributed by atoms with E-state index in [1.165, 1.54) is 38.5 Å². The molecule has 1 atom stereocenters. The van der Waals surface area contributed by atoms with Crippen molar-refractivity contribution in [2.75, 3.05) is 0 Å². The second-order valence-corrected chi connectivity index (χ2v) is 4.14. The van der Waals surface area contributed by atoms with Crippen molar-refractivity contribution in [3.63, 3.8) is 0 Å². The highest BCUT2D eigenvalue weighted by molar-refractivity contribution is 4.67. The van der Waals surface area contributed by atoms with Crippen LogP contribution in [0.15, 0.2) is 0 Å². The molecular weight excluding hydrogens is 148 g/mol. The van der Waals surface area contributed by atoms with Crippen LogP contribution in [0.5, 0.6) is 0 Å². The third kappa shape index (κ3) is 3.57. The van der Waals surface area contributed by atoms with E-state index in [1.54, 1.807) is 0 Å². The van der Waals surface area contributed by atoms with E-state index in [-0.39, 0.29) is 6.10 Å². The highest BCUT2D eigenvalue weighted by atomic mass is 16.3. The maximum Gasteiger partial charge on any atom is 0.0537 e. The fraction of sp³-hybridized carbons (Fsp3) is 1.00. The number of aliphatic hydroxyl groups is 1. The van der Waals surface area contributed by atoms with Gasteiger partial charge >= 0.3 is 0 Å². The molecule has 0 unspecified atom stereocenters. The van der Waals surface area contributed by atoms with Crippen LogP contribution < -0.4 is 0 Å². The summed E-state index contributed by atoms with van der Waals surface area (Å²) in [5, 5.41) is 9.39. The van der Waals surface area contributed by atoms with Crippen LogP contribution >= 0.6 is 0 Å². The lowest BCUT2D eigenvalue weighted by Crippen LogP contribution is -2.11. The van der Waals surface area contributed by atoms with Gasteiger partial charge in [-0.05, 0) is 25.2 Å². The molecule has 0 aromatic rings. The normalized spacial score (nSPS) is 22.5. The minimum atomic E-state index is -0.0353. The summed E-state index contributed by atoms with van der Waals surface area (Å²) in [6, 6.07) is 0. The molecule has 1 nitrogen and oxygen atoms in total. The van der Waals surface area contributed by atoms with Crippen LogP contribution in [0.1, 0.15) is 58.3 Å². The molecule has 0 aromatic heterocycles. The van der Waals surface area contributed by atoms with Crippen LogP contribution in [0.3, 0.4) is 0 Å². The zero-order chi connectivity index (χ0) is 8.81. The van der Waals surface area contributed by atoms with Gasteiger partial charge in [0.25, 0.3) is 0 Å². The summed E-state index contributed by atoms with van der Waals surface area (Å²) in [5.41, 5.74) is 0. The van der Waals surface area contributed by atoms with E-state index in [0.717, 1.165) is 18.8 Å². The van der Waals surface area contributed by atoms with E-state index in [1.807, 2.05) is 0 Å². The average Bonchev–Trinajstić information content (AvgIpc) is 2.16. The Balaban J connectivity index is 2.05. The monoisotopic (exact) mass is 170 g/mol. The van der Waals surface area contributed by atoms with E-state index in [0.29, 0.717) is 0 Å². The number of hydrogen-bond acceptors (Lipinski definition) is 1. The quantitative estimate of drug-likeness (QED) is 0.687. The molecule has 0 aliphatic heterocycles. The summed E-state index contributed by atoms with van der Waals surface area (Å²) < 4.78 is 0. The topological polar surface area (TPSA) is 20.2 Å². The molecule has 1 rings (SSSR count). The van der Waals surface area contributed by atoms with Crippen molar-refractivity contribution < 1.29 is 5.11 Å². The maximum absolute atomic E-state index is 9.39. The fourth-order valence-corrected chi connectivity index (χ4v) is 2.11. The first-order valence-electron chi connectivity index (χ1n) is 5.51. The van der Waals surface area contributed by atoms with Gasteiger partial charge in [0.05, 0.1) is 6.10 Å². The van der Waals surface area contributed by atoms with Crippen molar-refractivity contribution in [2.24, 2.45) is 5.92 Å². The lowest BCUT2D eigenvalue weighted by molar-refractivity contribution is 0.145. The Morgan fingerprint density at radius 3 is 2.50 bits per heavy atom. The van der Waals surface area contributed by atoms with Crippen LogP contribution in [0.4, 0.5) is 0 Å². The smallest absolute Gasteiger partial charge is 0.0537 e. The van der Waals surface area contributed by atoms with Crippen LogP contribution in [0.25, 0.3) is 0 Å². The Morgan fingerprint density at radius 2 is 1.92 bits per heavy atom. The Bertz CT molecular complexity index is 106. The minimum Gasteiger partial charge on any atom is -0.393 e. The van der Waals surface area contributed by atoms with Crippen molar-refractivity contribution in [1.82, 2.24) is 0 Å². The molecule has 0 amide bonds. The molecule has 1 aliphatic carbocycles. The Morgan fingerprint density at radius 1 is 1.25 bits per heavy atom. The van der Waals surface area contributed by atoms with E-state index in [9.17, 15) is 5.11 Å². The molecule has 1 N–H and O–H groups in total. The zero-order valence-electron chi connectivity index (χ0n) is 8.26. The Labute approximate surface area is 76.2 Å². The lowest BCUT2D eigenvalue weighted by Gasteiger charge is -2.22. The third-order valence-corrected chi connectivity index (χ3v) is 3.10. The molecule has 72 valence electrons. The molecule has 0 radical (unpaired) electrons. The molecule has 0 saturated heterocycles. The van der Waals surface area contributed by atoms with Gasteiger partial charge in [-0.15, -0.1) is 0 Å². The Kier molecular flexibility index (Phi) is 4.67. The van der Waals surface area contributed by atoms with Gasteiger partial charge < -0.3 is 5.11 Å². The summed E-state index contributed by atoms with van der Waals surface area (Å²) >= 11 is 0. The molecule has 1 fully saturated rings. The number of rotatable bonds is 4. The zero-order valence-corrected chi connectivity index (χ0v) is 8.26. The average molecular weight is 170 g/mol. The Hall–Kier alpha value is -0.0400. The molecule has 1 heteroatoms. The van der Waals surface area contributed by atoms with Gasteiger partial charge in [0.2, 0.25) is 0 Å². The van der Waals surface area contributed by atoms with Crippen molar-refractivity contribution in [3.05, 3.63) is 0 Å². The minimum absolute atomic E-state index is 0.0353. The number of hydrogen-bond donors (Lipinski definition) is 1. The molecular formula is C11H22O. The van der Waals surface area contributed by atoms with E-state index in [4.69, 9.17) is 0 Å². The van der Waals surface area contributed by atoms with Gasteiger partial charge in [0.1, 0.15) is 0 Å². The standard InChI is InChI=1S/C11H22O/c1-2-11(12)9-8-10-6-4-3-5-7-10/h10-12H,2-9H2,1H3/t11-/m0/s1. The molecule has 12 heavy (non-hydrogen) atoms. The summed E-state index contributed by atoms with van der Waals surface area (Å²) in [6.45, 7) is 2.06. The first-order chi connectivity index (χ1) is 5.83. The molecule has 1 saturated carbocycles. The molecule has 0 spiro atoms.